The number of anilines is 1. The molecule has 1 aromatic rings. The number of guanidine groups is 1. The lowest BCUT2D eigenvalue weighted by molar-refractivity contribution is 0.0463. The third-order valence-corrected chi connectivity index (χ3v) is 3.82. The van der Waals surface area contributed by atoms with Gasteiger partial charge in [0.25, 0.3) is 0 Å². The zero-order valence-corrected chi connectivity index (χ0v) is 17.4. The molecular formula is C18H28N4O4S. The number of carbonyl (C=O) groups excluding carboxylic acids is 2. The van der Waals surface area contributed by atoms with Gasteiger partial charge in [-0.2, -0.15) is 4.31 Å². The Labute approximate surface area is 164 Å². The Bertz CT molecular complexity index is 695. The Morgan fingerprint density at radius 3 is 2.19 bits per heavy atom. The van der Waals surface area contributed by atoms with Gasteiger partial charge in [0, 0.05) is 11.4 Å². The van der Waals surface area contributed by atoms with E-state index in [2.05, 4.69) is 5.32 Å². The number of benzene rings is 1. The number of para-hydroxylation sites is 1. The van der Waals surface area contributed by atoms with Crippen LogP contribution in [-0.2, 0) is 15.2 Å². The summed E-state index contributed by atoms with van der Waals surface area (Å²) >= 11 is 0.990. The Hall–Kier alpha value is -2.42. The number of nitrogens with zero attached hydrogens (tertiary/aromatic N) is 1. The summed E-state index contributed by atoms with van der Waals surface area (Å²) in [7, 11) is 0. The lowest BCUT2D eigenvalue weighted by atomic mass is 10.2. The monoisotopic (exact) mass is 396 g/mol. The van der Waals surface area contributed by atoms with Gasteiger partial charge in [0.2, 0.25) is 5.96 Å². The Morgan fingerprint density at radius 1 is 1.11 bits per heavy atom. The van der Waals surface area contributed by atoms with Crippen molar-refractivity contribution in [3.63, 3.8) is 0 Å². The van der Waals surface area contributed by atoms with Gasteiger partial charge in [-0.05, 0) is 65.1 Å². The summed E-state index contributed by atoms with van der Waals surface area (Å²) in [5.41, 5.74) is 5.80. The first-order valence-electron chi connectivity index (χ1n) is 8.36. The minimum Gasteiger partial charge on any atom is -0.444 e. The van der Waals surface area contributed by atoms with Crippen molar-refractivity contribution in [3.05, 3.63) is 29.8 Å². The Kier molecular flexibility index (Phi) is 7.53. The highest BCUT2D eigenvalue weighted by atomic mass is 32.2. The average Bonchev–Trinajstić information content (AvgIpc) is 2.45. The maximum atomic E-state index is 12.5. The van der Waals surface area contributed by atoms with Crippen molar-refractivity contribution >= 4 is 35.8 Å². The topological polar surface area (TPSA) is 118 Å². The van der Waals surface area contributed by atoms with Crippen LogP contribution in [0.3, 0.4) is 0 Å². The van der Waals surface area contributed by atoms with Crippen molar-refractivity contribution in [2.24, 2.45) is 0 Å². The molecule has 0 fully saturated rings. The van der Waals surface area contributed by atoms with Gasteiger partial charge in [0.15, 0.2) is 0 Å². The van der Waals surface area contributed by atoms with Crippen LogP contribution in [0.1, 0.15) is 47.1 Å². The first-order valence-corrected chi connectivity index (χ1v) is 9.31. The third-order valence-electron chi connectivity index (χ3n) is 2.79. The first kappa shape index (κ1) is 22.6. The minimum atomic E-state index is -0.833. The zero-order chi connectivity index (χ0) is 20.8. The van der Waals surface area contributed by atoms with Crippen LogP contribution < -0.4 is 11.1 Å². The van der Waals surface area contributed by atoms with E-state index in [9.17, 15) is 9.59 Å². The number of alkyl carbamates (subject to hydrolysis) is 1. The van der Waals surface area contributed by atoms with Gasteiger partial charge in [-0.3, -0.25) is 10.7 Å². The molecular weight excluding hydrogens is 368 g/mol. The molecule has 0 heterocycles. The fourth-order valence-corrected chi connectivity index (χ4v) is 2.61. The number of nitrogens with one attached hydrogen (secondary N) is 2. The highest BCUT2D eigenvalue weighted by Gasteiger charge is 2.28. The second-order valence-corrected chi connectivity index (χ2v) is 8.63. The van der Waals surface area contributed by atoms with E-state index in [1.807, 2.05) is 12.1 Å². The molecule has 9 heteroatoms. The van der Waals surface area contributed by atoms with Crippen molar-refractivity contribution in [1.82, 2.24) is 9.62 Å². The molecule has 0 unspecified atom stereocenters. The van der Waals surface area contributed by atoms with Gasteiger partial charge in [0.05, 0.1) is 0 Å². The summed E-state index contributed by atoms with van der Waals surface area (Å²) in [6.45, 7) is 10.3. The molecule has 0 aromatic heterocycles. The third kappa shape index (κ3) is 8.67. The predicted octanol–water partition coefficient (Wildman–Crippen LogP) is 4.11. The van der Waals surface area contributed by atoms with Gasteiger partial charge in [-0.25, -0.2) is 9.59 Å². The lowest BCUT2D eigenvalue weighted by Gasteiger charge is -2.27. The summed E-state index contributed by atoms with van der Waals surface area (Å²) in [4.78, 5) is 24.4. The summed E-state index contributed by atoms with van der Waals surface area (Å²) < 4.78 is 11.4. The van der Waals surface area contributed by atoms with E-state index in [1.54, 1.807) is 53.7 Å². The number of ether oxygens (including phenoxy) is 2. The highest BCUT2D eigenvalue weighted by Crippen LogP contribution is 2.23. The average molecular weight is 397 g/mol. The quantitative estimate of drug-likeness (QED) is 0.306. The number of hydrogen-bond donors (Lipinski definition) is 3. The molecule has 0 aliphatic heterocycles. The van der Waals surface area contributed by atoms with Gasteiger partial charge in [-0.15, -0.1) is 0 Å². The van der Waals surface area contributed by atoms with E-state index >= 15 is 0 Å². The van der Waals surface area contributed by atoms with E-state index in [0.29, 0.717) is 11.4 Å². The van der Waals surface area contributed by atoms with Gasteiger partial charge in [0.1, 0.15) is 11.2 Å². The number of hydrogen-bond acceptors (Lipinski definition) is 7. The molecule has 0 atom stereocenters. The molecule has 0 radical (unpaired) electrons. The highest BCUT2D eigenvalue weighted by molar-refractivity contribution is 7.97. The second kappa shape index (κ2) is 8.98. The molecule has 2 amide bonds. The number of nitrogens with two attached hydrogens (primary N) is 1. The summed E-state index contributed by atoms with van der Waals surface area (Å²) in [5.74, 6) is -0.150. The number of carbonyl (C=O) groups is 2. The standard InChI is InChI=1S/C18H28N4O4S/c1-17(2,3)25-15(23)21-14(20)22(16(24)26-18(4,5)6)27-11-12-9-7-8-10-13(12)19/h7-10H,11,19H2,1-6H3,(H2,20,21,23). The second-order valence-electron chi connectivity index (χ2n) is 7.72. The number of nitrogen functional groups attached to an aromatic ring is 1. The molecule has 4 N–H and O–H groups in total. The number of rotatable bonds is 3. The Balaban J connectivity index is 2.89. The van der Waals surface area contributed by atoms with Crippen LogP contribution in [0.25, 0.3) is 0 Å². The molecule has 0 spiro atoms. The molecule has 0 saturated heterocycles. The van der Waals surface area contributed by atoms with Crippen molar-refractivity contribution in [2.75, 3.05) is 5.73 Å². The molecule has 0 aliphatic rings. The van der Waals surface area contributed by atoms with E-state index in [-0.39, 0.29) is 0 Å². The minimum absolute atomic E-state index is 0.310. The SMILES string of the molecule is CC(C)(C)OC(=O)NC(=N)N(SCc1ccccc1N)C(=O)OC(C)(C)C. The predicted molar refractivity (Wildman–Crippen MR) is 107 cm³/mol. The van der Waals surface area contributed by atoms with Gasteiger partial charge >= 0.3 is 12.2 Å². The van der Waals surface area contributed by atoms with Crippen LogP contribution in [0.15, 0.2) is 24.3 Å². The zero-order valence-electron chi connectivity index (χ0n) is 16.6. The lowest BCUT2D eigenvalue weighted by Crippen LogP contribution is -2.46. The van der Waals surface area contributed by atoms with E-state index < -0.39 is 29.3 Å². The maximum Gasteiger partial charge on any atom is 0.427 e. The molecule has 0 bridgehead atoms. The molecule has 0 aliphatic carbocycles. The van der Waals surface area contributed by atoms with Crippen LogP contribution in [0.4, 0.5) is 15.3 Å². The van der Waals surface area contributed by atoms with Crippen molar-refractivity contribution in [3.8, 4) is 0 Å². The molecule has 1 rings (SSSR count). The van der Waals surface area contributed by atoms with Crippen LogP contribution >= 0.6 is 11.9 Å². The maximum absolute atomic E-state index is 12.5. The molecule has 0 saturated carbocycles. The normalized spacial score (nSPS) is 11.5. The van der Waals surface area contributed by atoms with Crippen LogP contribution in [0.2, 0.25) is 0 Å². The van der Waals surface area contributed by atoms with E-state index in [1.165, 1.54) is 0 Å². The smallest absolute Gasteiger partial charge is 0.427 e. The van der Waals surface area contributed by atoms with Gasteiger partial charge < -0.3 is 15.2 Å². The summed E-state index contributed by atoms with van der Waals surface area (Å²) in [6, 6.07) is 7.20. The van der Waals surface area contributed by atoms with Crippen LogP contribution in [-0.4, -0.2) is 33.7 Å². The van der Waals surface area contributed by atoms with Crippen LogP contribution in [0.5, 0.6) is 0 Å². The van der Waals surface area contributed by atoms with Crippen molar-refractivity contribution in [2.45, 2.75) is 58.5 Å². The molecule has 1 aromatic carbocycles. The van der Waals surface area contributed by atoms with E-state index in [0.717, 1.165) is 21.8 Å². The molecule has 27 heavy (non-hydrogen) atoms. The van der Waals surface area contributed by atoms with E-state index in [4.69, 9.17) is 20.6 Å². The fourth-order valence-electron chi connectivity index (χ4n) is 1.76. The summed E-state index contributed by atoms with van der Waals surface area (Å²) in [5, 5.41) is 10.4. The first-order chi connectivity index (χ1) is 12.3. The van der Waals surface area contributed by atoms with Crippen molar-refractivity contribution in [1.29, 1.82) is 5.41 Å². The number of amides is 2. The molecule has 150 valence electrons. The molecule has 8 nitrogen and oxygen atoms in total. The Morgan fingerprint density at radius 2 is 1.67 bits per heavy atom. The fraction of sp³-hybridized carbons (Fsp3) is 0.500. The van der Waals surface area contributed by atoms with Crippen LogP contribution in [0, 0.1) is 5.41 Å². The summed E-state index contributed by atoms with van der Waals surface area (Å²) in [6.07, 6.45) is -1.61. The van der Waals surface area contributed by atoms with Gasteiger partial charge in [-0.1, -0.05) is 18.2 Å². The van der Waals surface area contributed by atoms with Crippen molar-refractivity contribution < 1.29 is 19.1 Å². The largest absolute Gasteiger partial charge is 0.444 e.